The molecule has 0 amide bonds. The van der Waals surface area contributed by atoms with Crippen molar-refractivity contribution in [1.82, 2.24) is 4.90 Å². The van der Waals surface area contributed by atoms with Crippen LogP contribution in [0.2, 0.25) is 0 Å². The molecule has 11 heavy (non-hydrogen) atoms. The molecule has 4 nitrogen and oxygen atoms in total. The Kier molecular flexibility index (Phi) is 2.64. The van der Waals surface area contributed by atoms with Crippen LogP contribution in [0.3, 0.4) is 0 Å². The van der Waals surface area contributed by atoms with Gasteiger partial charge in [0.05, 0.1) is 6.54 Å². The average Bonchev–Trinajstić information content (AvgIpc) is 2.35. The molecule has 5 heteroatoms. The highest BCUT2D eigenvalue weighted by Crippen LogP contribution is 2.10. The number of hydrogen-bond donors (Lipinski definition) is 2. The second kappa shape index (κ2) is 3.52. The SMILES string of the molecule is NC(CN1CC[C@H](F)C1)=NO. The molecular weight excluding hydrogens is 149 g/mol. The summed E-state index contributed by atoms with van der Waals surface area (Å²) in [5.74, 6) is 0.138. The molecule has 1 rings (SSSR count). The summed E-state index contributed by atoms with van der Waals surface area (Å²) < 4.78 is 12.5. The van der Waals surface area contributed by atoms with E-state index in [1.807, 2.05) is 4.90 Å². The zero-order valence-corrected chi connectivity index (χ0v) is 6.20. The van der Waals surface area contributed by atoms with Gasteiger partial charge in [-0.2, -0.15) is 0 Å². The number of nitrogens with zero attached hydrogens (tertiary/aromatic N) is 2. The van der Waals surface area contributed by atoms with E-state index in [4.69, 9.17) is 10.9 Å². The zero-order valence-electron chi connectivity index (χ0n) is 6.20. The Hall–Kier alpha value is -0.840. The van der Waals surface area contributed by atoms with Crippen molar-refractivity contribution < 1.29 is 9.60 Å². The van der Waals surface area contributed by atoms with Crippen molar-refractivity contribution >= 4 is 5.84 Å². The molecule has 0 saturated carbocycles. The number of likely N-dealkylation sites (tertiary alicyclic amines) is 1. The van der Waals surface area contributed by atoms with Gasteiger partial charge in [-0.15, -0.1) is 0 Å². The Morgan fingerprint density at radius 3 is 3.00 bits per heavy atom. The van der Waals surface area contributed by atoms with Crippen molar-refractivity contribution in [3.8, 4) is 0 Å². The average molecular weight is 161 g/mol. The van der Waals surface area contributed by atoms with Gasteiger partial charge in [0.2, 0.25) is 0 Å². The molecule has 1 aliphatic heterocycles. The summed E-state index contributed by atoms with van der Waals surface area (Å²) in [6.45, 7) is 1.45. The largest absolute Gasteiger partial charge is 0.409 e. The van der Waals surface area contributed by atoms with Gasteiger partial charge in [-0.05, 0) is 6.42 Å². The lowest BCUT2D eigenvalue weighted by Crippen LogP contribution is -2.32. The summed E-state index contributed by atoms with van der Waals surface area (Å²) in [7, 11) is 0. The van der Waals surface area contributed by atoms with E-state index in [2.05, 4.69) is 5.16 Å². The van der Waals surface area contributed by atoms with Crippen LogP contribution in [0, 0.1) is 0 Å². The Labute approximate surface area is 64.5 Å². The van der Waals surface area contributed by atoms with E-state index in [1.165, 1.54) is 0 Å². The van der Waals surface area contributed by atoms with E-state index in [-0.39, 0.29) is 5.84 Å². The highest BCUT2D eigenvalue weighted by atomic mass is 19.1. The van der Waals surface area contributed by atoms with Crippen LogP contribution in [-0.2, 0) is 0 Å². The number of hydrogen-bond acceptors (Lipinski definition) is 3. The second-order valence-electron chi connectivity index (χ2n) is 2.71. The molecule has 0 aromatic heterocycles. The predicted octanol–water partition coefficient (Wildman–Crippen LogP) is -0.223. The quantitative estimate of drug-likeness (QED) is 0.255. The van der Waals surface area contributed by atoms with Crippen LogP contribution < -0.4 is 5.73 Å². The zero-order chi connectivity index (χ0) is 8.27. The summed E-state index contributed by atoms with van der Waals surface area (Å²) in [6, 6.07) is 0. The standard InChI is InChI=1S/C6H12FN3O/c7-5-1-2-10(3-5)4-6(8)9-11/h5,11H,1-4H2,(H2,8,9)/t5-/m0/s1. The Morgan fingerprint density at radius 1 is 1.82 bits per heavy atom. The molecule has 1 heterocycles. The van der Waals surface area contributed by atoms with Crippen molar-refractivity contribution in [3.63, 3.8) is 0 Å². The van der Waals surface area contributed by atoms with Gasteiger partial charge in [-0.25, -0.2) is 4.39 Å². The first-order valence-corrected chi connectivity index (χ1v) is 3.55. The van der Waals surface area contributed by atoms with Gasteiger partial charge in [0.15, 0.2) is 5.84 Å². The molecule has 0 unspecified atom stereocenters. The number of rotatable bonds is 2. The molecule has 1 saturated heterocycles. The lowest BCUT2D eigenvalue weighted by molar-refractivity contribution is 0.296. The fraction of sp³-hybridized carbons (Fsp3) is 0.833. The number of halogens is 1. The molecule has 0 bridgehead atoms. The van der Waals surface area contributed by atoms with E-state index in [0.717, 1.165) is 0 Å². The van der Waals surface area contributed by atoms with Gasteiger partial charge in [0, 0.05) is 13.1 Å². The molecule has 3 N–H and O–H groups in total. The first-order chi connectivity index (χ1) is 5.22. The molecular formula is C6H12FN3O. The van der Waals surface area contributed by atoms with Crippen LogP contribution in [-0.4, -0.2) is 41.7 Å². The second-order valence-corrected chi connectivity index (χ2v) is 2.71. The minimum absolute atomic E-state index is 0.138. The number of alkyl halides is 1. The maximum Gasteiger partial charge on any atom is 0.153 e. The van der Waals surface area contributed by atoms with Crippen molar-refractivity contribution in [2.24, 2.45) is 10.9 Å². The van der Waals surface area contributed by atoms with Crippen LogP contribution in [0.5, 0.6) is 0 Å². The van der Waals surface area contributed by atoms with Gasteiger partial charge in [0.1, 0.15) is 6.17 Å². The Bertz CT molecular complexity index is 162. The molecule has 64 valence electrons. The topological polar surface area (TPSA) is 61.8 Å². The summed E-state index contributed by atoms with van der Waals surface area (Å²) in [5.41, 5.74) is 5.23. The van der Waals surface area contributed by atoms with Crippen LogP contribution in [0.15, 0.2) is 5.16 Å². The van der Waals surface area contributed by atoms with E-state index in [9.17, 15) is 4.39 Å². The van der Waals surface area contributed by atoms with E-state index in [1.54, 1.807) is 0 Å². The number of oxime groups is 1. The van der Waals surface area contributed by atoms with Crippen molar-refractivity contribution in [3.05, 3.63) is 0 Å². The lowest BCUT2D eigenvalue weighted by atomic mass is 10.3. The normalized spacial score (nSPS) is 27.7. The first kappa shape index (κ1) is 8.26. The fourth-order valence-electron chi connectivity index (χ4n) is 1.19. The molecule has 0 radical (unpaired) electrons. The molecule has 1 aliphatic rings. The van der Waals surface area contributed by atoms with Crippen LogP contribution in [0.1, 0.15) is 6.42 Å². The summed E-state index contributed by atoms with van der Waals surface area (Å²) >= 11 is 0. The number of amidine groups is 1. The van der Waals surface area contributed by atoms with Gasteiger partial charge in [-0.3, -0.25) is 4.90 Å². The third-order valence-corrected chi connectivity index (χ3v) is 1.73. The maximum absolute atomic E-state index is 12.5. The molecule has 0 spiro atoms. The summed E-state index contributed by atoms with van der Waals surface area (Å²) in [5, 5.41) is 11.0. The van der Waals surface area contributed by atoms with Gasteiger partial charge < -0.3 is 10.9 Å². The van der Waals surface area contributed by atoms with Crippen molar-refractivity contribution in [2.75, 3.05) is 19.6 Å². The Balaban J connectivity index is 2.28. The third kappa shape index (κ3) is 2.34. The molecule has 1 fully saturated rings. The fourth-order valence-corrected chi connectivity index (χ4v) is 1.19. The third-order valence-electron chi connectivity index (χ3n) is 1.73. The number of nitrogens with two attached hydrogens (primary N) is 1. The first-order valence-electron chi connectivity index (χ1n) is 3.55. The minimum Gasteiger partial charge on any atom is -0.409 e. The van der Waals surface area contributed by atoms with Gasteiger partial charge in [0.25, 0.3) is 0 Å². The lowest BCUT2D eigenvalue weighted by Gasteiger charge is -2.11. The highest BCUT2D eigenvalue weighted by molar-refractivity contribution is 5.81. The minimum atomic E-state index is -0.749. The van der Waals surface area contributed by atoms with Crippen LogP contribution >= 0.6 is 0 Å². The monoisotopic (exact) mass is 161 g/mol. The smallest absolute Gasteiger partial charge is 0.153 e. The molecule has 1 atom stereocenters. The van der Waals surface area contributed by atoms with Gasteiger partial charge >= 0.3 is 0 Å². The van der Waals surface area contributed by atoms with E-state index in [0.29, 0.717) is 26.1 Å². The van der Waals surface area contributed by atoms with Crippen LogP contribution in [0.25, 0.3) is 0 Å². The molecule has 0 aromatic rings. The predicted molar refractivity (Wildman–Crippen MR) is 39.4 cm³/mol. The van der Waals surface area contributed by atoms with Crippen LogP contribution in [0.4, 0.5) is 4.39 Å². The molecule has 0 aromatic carbocycles. The van der Waals surface area contributed by atoms with Gasteiger partial charge in [-0.1, -0.05) is 5.16 Å². The highest BCUT2D eigenvalue weighted by Gasteiger charge is 2.21. The van der Waals surface area contributed by atoms with Crippen molar-refractivity contribution in [1.29, 1.82) is 0 Å². The summed E-state index contributed by atoms with van der Waals surface area (Å²) in [4.78, 5) is 1.82. The maximum atomic E-state index is 12.5. The van der Waals surface area contributed by atoms with Crippen molar-refractivity contribution in [2.45, 2.75) is 12.6 Å². The summed E-state index contributed by atoms with van der Waals surface area (Å²) in [6.07, 6.45) is -0.194. The Morgan fingerprint density at radius 2 is 2.55 bits per heavy atom. The van der Waals surface area contributed by atoms with E-state index >= 15 is 0 Å². The van der Waals surface area contributed by atoms with E-state index < -0.39 is 6.17 Å². The molecule has 0 aliphatic carbocycles.